The maximum atomic E-state index is 12.3. The average molecular weight is 625 g/mol. The lowest BCUT2D eigenvalue weighted by Gasteiger charge is -2.46. The van der Waals surface area contributed by atoms with Crippen molar-refractivity contribution in [3.8, 4) is 0 Å². The van der Waals surface area contributed by atoms with Crippen LogP contribution in [0, 0.1) is 44.9 Å². The minimum absolute atomic E-state index is 0.0415. The summed E-state index contributed by atoms with van der Waals surface area (Å²) in [6.07, 6.45) is 3.69. The first kappa shape index (κ1) is 33.8. The standard InChI is InChI=1S/C35H44O10/c1-21-7-17-29(23(3)19-21)31(36)42-44-33(38)40-27-13-9-25(10-14-27)35(5,6)26-11-15-28(16-12-26)41-34(39)45-43-32(37)30-18-8-22(2)20-24(30)4/h7-8,17-20,25-28H,9-16H2,1-6H3. The van der Waals surface area contributed by atoms with Crippen LogP contribution in [-0.2, 0) is 29.0 Å². The Bertz CT molecular complexity index is 1280. The molecule has 2 aromatic rings. The van der Waals surface area contributed by atoms with Gasteiger partial charge in [0.15, 0.2) is 0 Å². The van der Waals surface area contributed by atoms with Gasteiger partial charge >= 0.3 is 24.2 Å². The minimum Gasteiger partial charge on any atom is -0.428 e. The summed E-state index contributed by atoms with van der Waals surface area (Å²) in [5.74, 6) is -0.618. The number of aryl methyl sites for hydroxylation is 4. The molecule has 2 aliphatic carbocycles. The van der Waals surface area contributed by atoms with Gasteiger partial charge < -0.3 is 9.47 Å². The summed E-state index contributed by atoms with van der Waals surface area (Å²) in [7, 11) is 0. The third kappa shape index (κ3) is 8.99. The molecule has 45 heavy (non-hydrogen) atoms. The highest BCUT2D eigenvalue weighted by atomic mass is 17.2. The van der Waals surface area contributed by atoms with E-state index in [0.29, 0.717) is 48.6 Å². The molecule has 0 N–H and O–H groups in total. The van der Waals surface area contributed by atoms with Crippen molar-refractivity contribution >= 4 is 24.2 Å². The molecule has 2 fully saturated rings. The van der Waals surface area contributed by atoms with Gasteiger partial charge in [-0.3, -0.25) is 0 Å². The van der Waals surface area contributed by atoms with E-state index in [0.717, 1.165) is 47.9 Å². The van der Waals surface area contributed by atoms with Crippen LogP contribution in [0.1, 0.15) is 108 Å². The van der Waals surface area contributed by atoms with Crippen LogP contribution < -0.4 is 0 Å². The summed E-state index contributed by atoms with van der Waals surface area (Å²) in [5, 5.41) is 0. The highest BCUT2D eigenvalue weighted by Crippen LogP contribution is 2.49. The van der Waals surface area contributed by atoms with Crippen molar-refractivity contribution in [2.45, 2.75) is 105 Å². The fourth-order valence-electron chi connectivity index (χ4n) is 6.81. The molecule has 10 nitrogen and oxygen atoms in total. The molecule has 0 radical (unpaired) electrons. The van der Waals surface area contributed by atoms with Gasteiger partial charge in [-0.05, 0) is 120 Å². The molecule has 0 aromatic heterocycles. The summed E-state index contributed by atoms with van der Waals surface area (Å²) in [6, 6.07) is 10.5. The van der Waals surface area contributed by atoms with E-state index < -0.39 is 24.2 Å². The molecule has 244 valence electrons. The van der Waals surface area contributed by atoms with Gasteiger partial charge in [-0.25, -0.2) is 29.1 Å². The lowest BCUT2D eigenvalue weighted by Crippen LogP contribution is -2.39. The van der Waals surface area contributed by atoms with Crippen LogP contribution >= 0.6 is 0 Å². The number of carbonyl (C=O) groups is 4. The fourth-order valence-corrected chi connectivity index (χ4v) is 6.81. The lowest BCUT2D eigenvalue weighted by molar-refractivity contribution is -0.209. The number of rotatable bonds is 6. The molecule has 0 amide bonds. The number of hydrogen-bond donors (Lipinski definition) is 0. The third-order valence-corrected chi connectivity index (χ3v) is 9.55. The highest BCUT2D eigenvalue weighted by Gasteiger charge is 2.41. The van der Waals surface area contributed by atoms with Crippen LogP contribution in [0.3, 0.4) is 0 Å². The van der Waals surface area contributed by atoms with E-state index in [2.05, 4.69) is 23.6 Å². The van der Waals surface area contributed by atoms with Gasteiger partial charge in [0.25, 0.3) is 0 Å². The van der Waals surface area contributed by atoms with Gasteiger partial charge in [0.1, 0.15) is 12.2 Å². The van der Waals surface area contributed by atoms with Crippen molar-refractivity contribution in [3.63, 3.8) is 0 Å². The second-order valence-electron chi connectivity index (χ2n) is 13.0. The lowest BCUT2D eigenvalue weighted by atomic mass is 9.60. The topological polar surface area (TPSA) is 124 Å². The first-order chi connectivity index (χ1) is 21.3. The number of benzene rings is 2. The van der Waals surface area contributed by atoms with E-state index in [1.165, 1.54) is 0 Å². The molecule has 2 aromatic carbocycles. The van der Waals surface area contributed by atoms with Crippen LogP contribution in [0.5, 0.6) is 0 Å². The van der Waals surface area contributed by atoms with E-state index in [1.807, 2.05) is 26.0 Å². The fraction of sp³-hybridized carbons (Fsp3) is 0.543. The van der Waals surface area contributed by atoms with Crippen molar-refractivity contribution in [2.24, 2.45) is 17.3 Å². The van der Waals surface area contributed by atoms with Gasteiger partial charge in [-0.2, -0.15) is 9.59 Å². The average Bonchev–Trinajstić information content (AvgIpc) is 2.99. The Labute approximate surface area is 264 Å². The third-order valence-electron chi connectivity index (χ3n) is 9.55. The molecule has 0 spiro atoms. The van der Waals surface area contributed by atoms with Crippen LogP contribution in [0.25, 0.3) is 0 Å². The quantitative estimate of drug-likeness (QED) is 0.176. The zero-order valence-corrected chi connectivity index (χ0v) is 27.0. The first-order valence-electron chi connectivity index (χ1n) is 15.7. The molecule has 0 aliphatic heterocycles. The summed E-state index contributed by atoms with van der Waals surface area (Å²) < 4.78 is 10.8. The van der Waals surface area contributed by atoms with E-state index in [1.54, 1.807) is 38.1 Å². The van der Waals surface area contributed by atoms with Gasteiger partial charge in [0.2, 0.25) is 0 Å². The molecule has 2 aliphatic rings. The molecule has 0 atom stereocenters. The zero-order chi connectivity index (χ0) is 32.7. The molecule has 2 saturated carbocycles. The molecular formula is C35H44O10. The maximum absolute atomic E-state index is 12.3. The normalized spacial score (nSPS) is 21.6. The van der Waals surface area contributed by atoms with Crippen LogP contribution in [0.2, 0.25) is 0 Å². The van der Waals surface area contributed by atoms with Gasteiger partial charge in [-0.15, -0.1) is 0 Å². The second-order valence-corrected chi connectivity index (χ2v) is 13.0. The van der Waals surface area contributed by atoms with Crippen molar-refractivity contribution in [3.05, 3.63) is 69.8 Å². The number of carbonyl (C=O) groups excluding carboxylic acids is 4. The molecule has 0 heterocycles. The Morgan fingerprint density at radius 1 is 0.556 bits per heavy atom. The van der Waals surface area contributed by atoms with Gasteiger partial charge in [0, 0.05) is 0 Å². The van der Waals surface area contributed by atoms with E-state index >= 15 is 0 Å². The monoisotopic (exact) mass is 624 g/mol. The zero-order valence-electron chi connectivity index (χ0n) is 27.0. The van der Waals surface area contributed by atoms with E-state index in [-0.39, 0.29) is 17.6 Å². The summed E-state index contributed by atoms with van der Waals surface area (Å²) in [4.78, 5) is 67.6. The highest BCUT2D eigenvalue weighted by molar-refractivity contribution is 5.91. The van der Waals surface area contributed by atoms with Gasteiger partial charge in [0.05, 0.1) is 11.1 Å². The predicted molar refractivity (Wildman–Crippen MR) is 163 cm³/mol. The van der Waals surface area contributed by atoms with Gasteiger partial charge in [-0.1, -0.05) is 49.2 Å². The van der Waals surface area contributed by atoms with E-state index in [9.17, 15) is 19.2 Å². The smallest absolute Gasteiger partial charge is 0.428 e. The first-order valence-corrected chi connectivity index (χ1v) is 15.7. The molecule has 0 bridgehead atoms. The predicted octanol–water partition coefficient (Wildman–Crippen LogP) is 8.21. The number of ether oxygens (including phenoxy) is 2. The van der Waals surface area contributed by atoms with Crippen molar-refractivity contribution in [2.75, 3.05) is 0 Å². The largest absolute Gasteiger partial charge is 0.550 e. The molecule has 0 saturated heterocycles. The summed E-state index contributed by atoms with van der Waals surface area (Å²) in [6.45, 7) is 12.0. The Morgan fingerprint density at radius 3 is 1.24 bits per heavy atom. The van der Waals surface area contributed by atoms with Crippen molar-refractivity contribution in [1.82, 2.24) is 0 Å². The summed E-state index contributed by atoms with van der Waals surface area (Å²) >= 11 is 0. The Balaban J connectivity index is 1.14. The second kappa shape index (κ2) is 14.8. The SMILES string of the molecule is Cc1ccc(C(=O)OOC(=O)OC2CCC(C(C)(C)C3CCC(OC(=O)OOC(=O)c4ccc(C)cc4C)CC3)CC2)c(C)c1. The molecule has 4 rings (SSSR count). The minimum atomic E-state index is -1.02. The van der Waals surface area contributed by atoms with Crippen LogP contribution in [0.4, 0.5) is 9.59 Å². The van der Waals surface area contributed by atoms with Crippen molar-refractivity contribution < 1.29 is 48.2 Å². The molecular weight excluding hydrogens is 580 g/mol. The maximum Gasteiger partial charge on any atom is 0.550 e. The molecule has 0 unspecified atom stereocenters. The Hall–Kier alpha value is -4.08. The van der Waals surface area contributed by atoms with Crippen LogP contribution in [-0.4, -0.2) is 36.5 Å². The summed E-state index contributed by atoms with van der Waals surface area (Å²) in [5.41, 5.74) is 4.17. The number of hydrogen-bond acceptors (Lipinski definition) is 10. The van der Waals surface area contributed by atoms with E-state index in [4.69, 9.17) is 19.2 Å². The Morgan fingerprint density at radius 2 is 0.911 bits per heavy atom. The Kier molecular flexibility index (Phi) is 11.1. The molecule has 10 heteroatoms. The van der Waals surface area contributed by atoms with Crippen molar-refractivity contribution in [1.29, 1.82) is 0 Å². The van der Waals surface area contributed by atoms with Crippen LogP contribution in [0.15, 0.2) is 36.4 Å².